The number of carbonyl (C=O) groups excluding carboxylic acids is 3. The number of unbranched alkanes of at least 4 members (excludes halogenated alkanes) is 2. The number of para-hydroxylation sites is 1. The highest BCUT2D eigenvalue weighted by molar-refractivity contribution is 6.00. The summed E-state index contributed by atoms with van der Waals surface area (Å²) in [6.07, 6.45) is 2.13. The van der Waals surface area contributed by atoms with Crippen molar-refractivity contribution in [2.24, 2.45) is 0 Å². The molecule has 2 N–H and O–H groups in total. The number of anilines is 1. The minimum absolute atomic E-state index is 0.251. The number of benzene rings is 3. The molecule has 0 aliphatic rings. The maximum Gasteiger partial charge on any atom is 0.408 e. The molecule has 0 saturated carbocycles. The molecule has 0 heterocycles. The Morgan fingerprint density at radius 1 is 0.841 bits per heavy atom. The van der Waals surface area contributed by atoms with Crippen molar-refractivity contribution in [2.45, 2.75) is 98.8 Å². The smallest absolute Gasteiger partial charge is 0.408 e. The number of rotatable bonds is 12. The van der Waals surface area contributed by atoms with E-state index in [9.17, 15) is 14.4 Å². The number of nitrogens with one attached hydrogen (secondary N) is 2. The Kier molecular flexibility index (Phi) is 12.1. The van der Waals surface area contributed by atoms with Crippen LogP contribution in [0, 0.1) is 27.7 Å². The van der Waals surface area contributed by atoms with Gasteiger partial charge >= 0.3 is 6.09 Å². The summed E-state index contributed by atoms with van der Waals surface area (Å²) in [6.45, 7) is 15.7. The van der Waals surface area contributed by atoms with Gasteiger partial charge in [-0.05, 0) is 77.1 Å². The van der Waals surface area contributed by atoms with Gasteiger partial charge in [0.2, 0.25) is 5.91 Å². The van der Waals surface area contributed by atoms with Gasteiger partial charge in [0.05, 0.1) is 0 Å². The second-order valence-corrected chi connectivity index (χ2v) is 12.7. The summed E-state index contributed by atoms with van der Waals surface area (Å²) in [5, 5.41) is 6.00. The van der Waals surface area contributed by atoms with Gasteiger partial charge in [0.25, 0.3) is 5.91 Å². The Labute approximate surface area is 263 Å². The highest BCUT2D eigenvalue weighted by Crippen LogP contribution is 2.29. The molecule has 3 aromatic carbocycles. The van der Waals surface area contributed by atoms with E-state index in [0.717, 1.165) is 51.9 Å². The first-order chi connectivity index (χ1) is 20.8. The standard InChI is InChI=1S/C37H49N3O4/c1-9-10-14-20-40(35(42)31(24-29-18-12-11-13-19-29)38-36(43)44-37(6,7)8)33(30-22-25(2)21-26(3)23-30)34(41)39-32-27(4)16-15-17-28(32)5/h11-13,15-19,21-23,31,33H,9-10,14,20,24H2,1-8H3,(H,38,43)(H,39,41). The predicted octanol–water partition coefficient (Wildman–Crippen LogP) is 7.75. The molecule has 0 aliphatic carbocycles. The first-order valence-corrected chi connectivity index (χ1v) is 15.6. The van der Waals surface area contributed by atoms with Gasteiger partial charge in [-0.3, -0.25) is 9.59 Å². The molecule has 7 nitrogen and oxygen atoms in total. The molecule has 0 aromatic heterocycles. The second-order valence-electron chi connectivity index (χ2n) is 12.7. The number of hydrogen-bond donors (Lipinski definition) is 2. The number of alkyl carbamates (subject to hydrolysis) is 1. The van der Waals surface area contributed by atoms with Gasteiger partial charge in [-0.25, -0.2) is 4.79 Å². The van der Waals surface area contributed by atoms with E-state index in [2.05, 4.69) is 23.6 Å². The summed E-state index contributed by atoms with van der Waals surface area (Å²) in [4.78, 5) is 43.8. The lowest BCUT2D eigenvalue weighted by Gasteiger charge is -2.35. The van der Waals surface area contributed by atoms with E-state index in [0.29, 0.717) is 13.0 Å². The van der Waals surface area contributed by atoms with Gasteiger partial charge in [-0.15, -0.1) is 0 Å². The van der Waals surface area contributed by atoms with Crippen LogP contribution in [0.15, 0.2) is 66.7 Å². The molecule has 0 spiro atoms. The fourth-order valence-electron chi connectivity index (χ4n) is 5.44. The van der Waals surface area contributed by atoms with Crippen LogP contribution >= 0.6 is 0 Å². The zero-order chi connectivity index (χ0) is 32.4. The van der Waals surface area contributed by atoms with Crippen molar-refractivity contribution in [2.75, 3.05) is 11.9 Å². The van der Waals surface area contributed by atoms with Gasteiger partial charge in [-0.1, -0.05) is 97.6 Å². The van der Waals surface area contributed by atoms with Crippen molar-refractivity contribution in [3.05, 3.63) is 100 Å². The molecule has 3 aromatic rings. The van der Waals surface area contributed by atoms with Crippen molar-refractivity contribution in [3.63, 3.8) is 0 Å². The summed E-state index contributed by atoms with van der Waals surface area (Å²) in [7, 11) is 0. The number of nitrogens with zero attached hydrogens (tertiary/aromatic N) is 1. The molecule has 2 atom stereocenters. The van der Waals surface area contributed by atoms with Crippen LogP contribution in [0.5, 0.6) is 0 Å². The summed E-state index contributed by atoms with van der Waals surface area (Å²) in [5.74, 6) is -0.635. The molecule has 0 bridgehead atoms. The van der Waals surface area contributed by atoms with E-state index in [4.69, 9.17) is 4.74 Å². The Morgan fingerprint density at radius 3 is 2.02 bits per heavy atom. The van der Waals surface area contributed by atoms with Crippen LogP contribution < -0.4 is 10.6 Å². The highest BCUT2D eigenvalue weighted by Gasteiger charge is 2.36. The Morgan fingerprint density at radius 2 is 1.45 bits per heavy atom. The first kappa shape index (κ1) is 34.4. The molecule has 0 aliphatic heterocycles. The Balaban J connectivity index is 2.13. The van der Waals surface area contributed by atoms with Crippen molar-refractivity contribution >= 4 is 23.6 Å². The lowest BCUT2D eigenvalue weighted by atomic mass is 9.96. The van der Waals surface area contributed by atoms with E-state index in [1.54, 1.807) is 25.7 Å². The normalized spacial score (nSPS) is 12.6. The molecule has 3 amide bonds. The third kappa shape index (κ3) is 9.97. The van der Waals surface area contributed by atoms with Gasteiger partial charge in [0, 0.05) is 18.7 Å². The van der Waals surface area contributed by atoms with Crippen LogP contribution in [0.4, 0.5) is 10.5 Å². The molecule has 7 heteroatoms. The van der Waals surface area contributed by atoms with E-state index in [-0.39, 0.29) is 18.2 Å². The molecule has 2 unspecified atom stereocenters. The van der Waals surface area contributed by atoms with E-state index < -0.39 is 23.8 Å². The third-order valence-corrected chi connectivity index (χ3v) is 7.41. The average molecular weight is 600 g/mol. The number of hydrogen-bond acceptors (Lipinski definition) is 4. The minimum Gasteiger partial charge on any atom is -0.444 e. The van der Waals surface area contributed by atoms with Crippen LogP contribution in [0.2, 0.25) is 0 Å². The maximum atomic E-state index is 14.7. The van der Waals surface area contributed by atoms with Crippen molar-refractivity contribution in [3.8, 4) is 0 Å². The molecule has 3 rings (SSSR count). The van der Waals surface area contributed by atoms with Crippen LogP contribution in [-0.2, 0) is 20.7 Å². The number of ether oxygens (including phenoxy) is 1. The predicted molar refractivity (Wildman–Crippen MR) is 178 cm³/mol. The third-order valence-electron chi connectivity index (χ3n) is 7.41. The highest BCUT2D eigenvalue weighted by atomic mass is 16.6. The van der Waals surface area contributed by atoms with Crippen LogP contribution in [0.3, 0.4) is 0 Å². The molecule has 0 radical (unpaired) electrons. The fraction of sp³-hybridized carbons (Fsp3) is 0.432. The second kappa shape index (κ2) is 15.6. The van der Waals surface area contributed by atoms with Crippen LogP contribution in [0.1, 0.15) is 86.4 Å². The molecule has 0 saturated heterocycles. The summed E-state index contributed by atoms with van der Waals surface area (Å²) >= 11 is 0. The van der Waals surface area contributed by atoms with E-state index in [1.807, 2.05) is 88.4 Å². The Hall–Kier alpha value is -4.13. The molecular formula is C37H49N3O4. The summed E-state index contributed by atoms with van der Waals surface area (Å²) in [6, 6.07) is 19.6. The van der Waals surface area contributed by atoms with E-state index >= 15 is 0 Å². The van der Waals surface area contributed by atoms with Crippen molar-refractivity contribution in [1.82, 2.24) is 10.2 Å². The molecule has 236 valence electrons. The topological polar surface area (TPSA) is 87.7 Å². The van der Waals surface area contributed by atoms with Gasteiger partial charge in [0.15, 0.2) is 0 Å². The molecule has 44 heavy (non-hydrogen) atoms. The monoisotopic (exact) mass is 599 g/mol. The first-order valence-electron chi connectivity index (χ1n) is 15.6. The maximum absolute atomic E-state index is 14.7. The number of carbonyl (C=O) groups is 3. The number of amides is 3. The Bertz CT molecular complexity index is 1390. The van der Waals surface area contributed by atoms with Crippen LogP contribution in [-0.4, -0.2) is 41.0 Å². The van der Waals surface area contributed by atoms with Gasteiger partial charge in [0.1, 0.15) is 17.7 Å². The minimum atomic E-state index is -0.949. The summed E-state index contributed by atoms with van der Waals surface area (Å²) < 4.78 is 5.56. The lowest BCUT2D eigenvalue weighted by molar-refractivity contribution is -0.140. The van der Waals surface area contributed by atoms with Gasteiger partial charge in [-0.2, -0.15) is 0 Å². The molecule has 0 fully saturated rings. The molecular weight excluding hydrogens is 550 g/mol. The van der Waals surface area contributed by atoms with Crippen molar-refractivity contribution in [1.29, 1.82) is 0 Å². The quantitative estimate of drug-likeness (QED) is 0.208. The zero-order valence-corrected chi connectivity index (χ0v) is 27.6. The fourth-order valence-corrected chi connectivity index (χ4v) is 5.44. The van der Waals surface area contributed by atoms with E-state index in [1.165, 1.54) is 0 Å². The van der Waals surface area contributed by atoms with Crippen molar-refractivity contribution < 1.29 is 19.1 Å². The average Bonchev–Trinajstić information content (AvgIpc) is 2.93. The SMILES string of the molecule is CCCCCN(C(=O)C(Cc1ccccc1)NC(=O)OC(C)(C)C)C(C(=O)Nc1c(C)cccc1C)c1cc(C)cc(C)c1. The van der Waals surface area contributed by atoms with Crippen LogP contribution in [0.25, 0.3) is 0 Å². The largest absolute Gasteiger partial charge is 0.444 e. The lowest BCUT2D eigenvalue weighted by Crippen LogP contribution is -2.53. The van der Waals surface area contributed by atoms with Gasteiger partial charge < -0.3 is 20.3 Å². The zero-order valence-electron chi connectivity index (χ0n) is 27.6. The summed E-state index contributed by atoms with van der Waals surface area (Å²) in [5.41, 5.74) is 5.49. The number of aryl methyl sites for hydroxylation is 4.